The second-order valence-electron chi connectivity index (χ2n) is 5.09. The van der Waals surface area contributed by atoms with Crippen molar-refractivity contribution in [3.63, 3.8) is 0 Å². The van der Waals surface area contributed by atoms with E-state index in [-0.39, 0.29) is 24.0 Å². The first kappa shape index (κ1) is 15.3. The number of pyridine rings is 1. The molecule has 0 fully saturated rings. The molecule has 0 aliphatic carbocycles. The second-order valence-corrected chi connectivity index (χ2v) is 5.09. The lowest BCUT2D eigenvalue weighted by atomic mass is 10.0. The number of para-hydroxylation sites is 1. The molecule has 112 valence electrons. The van der Waals surface area contributed by atoms with Crippen molar-refractivity contribution in [1.29, 1.82) is 0 Å². The van der Waals surface area contributed by atoms with Crippen LogP contribution in [0, 0.1) is 5.92 Å². The van der Waals surface area contributed by atoms with Crippen LogP contribution in [0.15, 0.2) is 35.1 Å². The molecule has 0 aliphatic heterocycles. The van der Waals surface area contributed by atoms with Gasteiger partial charge in [0, 0.05) is 30.1 Å². The van der Waals surface area contributed by atoms with Gasteiger partial charge in [-0.25, -0.2) is 0 Å². The third-order valence-corrected chi connectivity index (χ3v) is 3.66. The largest absolute Gasteiger partial charge is 0.396 e. The van der Waals surface area contributed by atoms with Gasteiger partial charge in [-0.05, 0) is 18.4 Å². The van der Waals surface area contributed by atoms with E-state index in [0.717, 1.165) is 11.8 Å². The highest BCUT2D eigenvalue weighted by molar-refractivity contribution is 6.05. The smallest absolute Gasteiger partial charge is 0.252 e. The second kappa shape index (κ2) is 7.04. The molecule has 2 rings (SSSR count). The number of rotatable bonds is 6. The summed E-state index contributed by atoms with van der Waals surface area (Å²) in [5.74, 6) is -0.0131. The maximum Gasteiger partial charge on any atom is 0.252 e. The summed E-state index contributed by atoms with van der Waals surface area (Å²) in [4.78, 5) is 26.7. The van der Waals surface area contributed by atoms with Crippen LogP contribution in [-0.4, -0.2) is 29.1 Å². The maximum absolute atomic E-state index is 12.3. The summed E-state index contributed by atoms with van der Waals surface area (Å²) >= 11 is 0. The molecular weight excluding hydrogens is 268 g/mol. The van der Waals surface area contributed by atoms with Crippen LogP contribution in [0.4, 0.5) is 0 Å². The number of aromatic amines is 1. The number of aromatic nitrogens is 1. The first-order valence-corrected chi connectivity index (χ1v) is 7.16. The van der Waals surface area contributed by atoms with Gasteiger partial charge in [0.2, 0.25) is 5.56 Å². The van der Waals surface area contributed by atoms with Gasteiger partial charge in [-0.2, -0.15) is 0 Å². The highest BCUT2D eigenvalue weighted by atomic mass is 16.3. The third kappa shape index (κ3) is 3.70. The Morgan fingerprint density at radius 3 is 2.86 bits per heavy atom. The molecule has 0 aliphatic rings. The predicted molar refractivity (Wildman–Crippen MR) is 82.4 cm³/mol. The van der Waals surface area contributed by atoms with Crippen LogP contribution in [0.3, 0.4) is 0 Å². The number of aliphatic hydroxyl groups excluding tert-OH is 1. The van der Waals surface area contributed by atoms with Gasteiger partial charge in [-0.15, -0.1) is 0 Å². The first-order valence-electron chi connectivity index (χ1n) is 7.16. The molecule has 0 saturated heterocycles. The summed E-state index contributed by atoms with van der Waals surface area (Å²) in [5.41, 5.74) is 0.743. The van der Waals surface area contributed by atoms with E-state index in [0.29, 0.717) is 24.0 Å². The highest BCUT2D eigenvalue weighted by Gasteiger charge is 2.13. The zero-order valence-corrected chi connectivity index (χ0v) is 12.1. The lowest BCUT2D eigenvalue weighted by molar-refractivity contribution is 0.0945. The van der Waals surface area contributed by atoms with E-state index < -0.39 is 0 Å². The van der Waals surface area contributed by atoms with Gasteiger partial charge < -0.3 is 15.4 Å². The number of carbonyl (C=O) groups excluding carboxylic acids is 1. The number of aliphatic hydroxyl groups is 1. The Hall–Kier alpha value is -2.14. The topological polar surface area (TPSA) is 82.2 Å². The third-order valence-electron chi connectivity index (χ3n) is 3.66. The van der Waals surface area contributed by atoms with E-state index in [1.807, 2.05) is 25.1 Å². The molecule has 3 N–H and O–H groups in total. The fraction of sp³-hybridized carbons (Fsp3) is 0.375. The van der Waals surface area contributed by atoms with Crippen LogP contribution in [0.25, 0.3) is 10.9 Å². The molecule has 0 spiro atoms. The number of hydrogen-bond acceptors (Lipinski definition) is 3. The average molecular weight is 288 g/mol. The summed E-state index contributed by atoms with van der Waals surface area (Å²) in [5, 5.41) is 12.5. The van der Waals surface area contributed by atoms with Crippen molar-refractivity contribution in [2.75, 3.05) is 13.2 Å². The van der Waals surface area contributed by atoms with Crippen LogP contribution < -0.4 is 10.9 Å². The van der Waals surface area contributed by atoms with Gasteiger partial charge >= 0.3 is 0 Å². The molecule has 2 aromatic rings. The van der Waals surface area contributed by atoms with Gasteiger partial charge in [0.15, 0.2) is 0 Å². The molecule has 0 bridgehead atoms. The van der Waals surface area contributed by atoms with Crippen molar-refractivity contribution >= 4 is 16.8 Å². The first-order chi connectivity index (χ1) is 10.2. The molecule has 0 radical (unpaired) electrons. The molecule has 1 aromatic heterocycles. The summed E-state index contributed by atoms with van der Waals surface area (Å²) in [7, 11) is 0. The van der Waals surface area contributed by atoms with Crippen molar-refractivity contribution in [2.24, 2.45) is 5.92 Å². The fourth-order valence-electron chi connectivity index (χ4n) is 2.36. The summed E-state index contributed by atoms with van der Waals surface area (Å²) in [6.07, 6.45) is 1.55. The van der Waals surface area contributed by atoms with Crippen LogP contribution >= 0.6 is 0 Å². The fourth-order valence-corrected chi connectivity index (χ4v) is 2.36. The molecule has 1 amide bonds. The number of carbonyl (C=O) groups is 1. The Bertz CT molecular complexity index is 679. The number of amides is 1. The molecule has 5 heteroatoms. The lowest BCUT2D eigenvalue weighted by Gasteiger charge is -2.14. The summed E-state index contributed by atoms with van der Waals surface area (Å²) in [6.45, 7) is 2.63. The van der Waals surface area contributed by atoms with E-state index in [1.54, 1.807) is 6.07 Å². The van der Waals surface area contributed by atoms with Gasteiger partial charge in [0.25, 0.3) is 5.91 Å². The Labute approximate surface area is 123 Å². The molecule has 1 heterocycles. The van der Waals surface area contributed by atoms with Crippen LogP contribution in [-0.2, 0) is 0 Å². The van der Waals surface area contributed by atoms with Crippen LogP contribution in [0.5, 0.6) is 0 Å². The molecular formula is C16H20N2O3. The van der Waals surface area contributed by atoms with Crippen molar-refractivity contribution in [1.82, 2.24) is 10.3 Å². The molecule has 21 heavy (non-hydrogen) atoms. The van der Waals surface area contributed by atoms with Crippen molar-refractivity contribution in [2.45, 2.75) is 19.8 Å². The zero-order chi connectivity index (χ0) is 15.2. The molecule has 1 unspecified atom stereocenters. The summed E-state index contributed by atoms with van der Waals surface area (Å²) in [6, 6.07) is 8.55. The normalized spacial score (nSPS) is 12.3. The average Bonchev–Trinajstić information content (AvgIpc) is 2.50. The maximum atomic E-state index is 12.3. The number of hydrogen-bond donors (Lipinski definition) is 3. The molecule has 0 saturated carbocycles. The van der Waals surface area contributed by atoms with Gasteiger partial charge in [-0.1, -0.05) is 31.5 Å². The number of benzene rings is 1. The van der Waals surface area contributed by atoms with E-state index in [1.165, 1.54) is 6.07 Å². The Morgan fingerprint density at radius 1 is 1.38 bits per heavy atom. The minimum atomic E-state index is -0.291. The number of fused-ring (bicyclic) bond motifs is 1. The Balaban J connectivity index is 2.21. The minimum Gasteiger partial charge on any atom is -0.396 e. The molecule has 1 atom stereocenters. The Morgan fingerprint density at radius 2 is 2.14 bits per heavy atom. The van der Waals surface area contributed by atoms with Gasteiger partial charge in [0.1, 0.15) is 0 Å². The monoisotopic (exact) mass is 288 g/mol. The SMILES string of the molecule is CCC(CCO)CNC(=O)c1cc(=O)[nH]c2ccccc12. The van der Waals surface area contributed by atoms with E-state index >= 15 is 0 Å². The van der Waals surface area contributed by atoms with Crippen LogP contribution in [0.2, 0.25) is 0 Å². The number of H-pyrrole nitrogens is 1. The lowest BCUT2D eigenvalue weighted by Crippen LogP contribution is -2.30. The van der Waals surface area contributed by atoms with Crippen molar-refractivity contribution in [3.8, 4) is 0 Å². The number of nitrogens with one attached hydrogen (secondary N) is 2. The van der Waals surface area contributed by atoms with E-state index in [9.17, 15) is 9.59 Å². The van der Waals surface area contributed by atoms with E-state index in [4.69, 9.17) is 5.11 Å². The van der Waals surface area contributed by atoms with Gasteiger partial charge in [0.05, 0.1) is 5.56 Å². The molecule has 1 aromatic carbocycles. The van der Waals surface area contributed by atoms with Gasteiger partial charge in [-0.3, -0.25) is 9.59 Å². The minimum absolute atomic E-state index is 0.113. The van der Waals surface area contributed by atoms with Crippen molar-refractivity contribution in [3.05, 3.63) is 46.2 Å². The summed E-state index contributed by atoms with van der Waals surface area (Å²) < 4.78 is 0. The Kier molecular flexibility index (Phi) is 5.11. The zero-order valence-electron chi connectivity index (χ0n) is 12.1. The predicted octanol–water partition coefficient (Wildman–Crippen LogP) is 1.67. The quantitative estimate of drug-likeness (QED) is 0.756. The van der Waals surface area contributed by atoms with Crippen LogP contribution in [0.1, 0.15) is 30.1 Å². The molecule has 5 nitrogen and oxygen atoms in total. The van der Waals surface area contributed by atoms with Crippen molar-refractivity contribution < 1.29 is 9.90 Å². The standard InChI is InChI=1S/C16H20N2O3/c1-2-11(7-8-19)10-17-16(21)13-9-15(20)18-14-6-4-3-5-12(13)14/h3-6,9,11,19H,2,7-8,10H2,1H3,(H,17,21)(H,18,20). The highest BCUT2D eigenvalue weighted by Crippen LogP contribution is 2.14. The van der Waals surface area contributed by atoms with E-state index in [2.05, 4.69) is 10.3 Å².